The lowest BCUT2D eigenvalue weighted by Gasteiger charge is -2.25. The number of nitrogens with zero attached hydrogens (tertiary/aromatic N) is 2. The van der Waals surface area contributed by atoms with Gasteiger partial charge in [0, 0.05) is 12.5 Å². The van der Waals surface area contributed by atoms with Crippen molar-refractivity contribution in [1.29, 1.82) is 0 Å². The van der Waals surface area contributed by atoms with Crippen molar-refractivity contribution in [3.63, 3.8) is 0 Å². The second kappa shape index (κ2) is 3.56. The van der Waals surface area contributed by atoms with Crippen LogP contribution in [0.1, 0.15) is 45.0 Å². The second-order valence-electron chi connectivity index (χ2n) is 4.87. The predicted molar refractivity (Wildman–Crippen MR) is 54.2 cm³/mol. The summed E-state index contributed by atoms with van der Waals surface area (Å²) in [5.41, 5.74) is 1.25. The summed E-state index contributed by atoms with van der Waals surface area (Å²) in [7, 11) is 0. The average molecular weight is 195 g/mol. The van der Waals surface area contributed by atoms with Crippen LogP contribution in [0, 0.1) is 12.3 Å². The first-order valence-electron chi connectivity index (χ1n) is 4.90. The highest BCUT2D eigenvalue weighted by Crippen LogP contribution is 2.33. The minimum atomic E-state index is 0.184. The van der Waals surface area contributed by atoms with Crippen molar-refractivity contribution in [2.75, 3.05) is 0 Å². The molecule has 3 nitrogen and oxygen atoms in total. The molecule has 14 heavy (non-hydrogen) atoms. The smallest absolute Gasteiger partial charge is 0.333 e. The number of aryl methyl sites for hydroxylation is 1. The van der Waals surface area contributed by atoms with Crippen molar-refractivity contribution in [2.24, 2.45) is 5.41 Å². The van der Waals surface area contributed by atoms with E-state index in [-0.39, 0.29) is 5.41 Å². The third-order valence-corrected chi connectivity index (χ3v) is 2.80. The van der Waals surface area contributed by atoms with Crippen LogP contribution in [0.4, 0.5) is 0 Å². The van der Waals surface area contributed by atoms with Crippen LogP contribution in [-0.2, 0) is 0 Å². The lowest BCUT2D eigenvalue weighted by Crippen LogP contribution is -2.35. The van der Waals surface area contributed by atoms with Crippen molar-refractivity contribution < 1.29 is 9.94 Å². The molecule has 0 amide bonds. The van der Waals surface area contributed by atoms with Crippen molar-refractivity contribution in [3.8, 4) is 0 Å². The fourth-order valence-electron chi connectivity index (χ4n) is 1.22. The number of hydrogen-bond donors (Lipinski definition) is 1. The molecule has 1 aromatic rings. The summed E-state index contributed by atoms with van der Waals surface area (Å²) in [6.45, 7) is 10.5. The highest BCUT2D eigenvalue weighted by molar-refractivity contribution is 5.10. The molecule has 0 aromatic carbocycles. The van der Waals surface area contributed by atoms with E-state index in [9.17, 15) is 5.21 Å². The highest BCUT2D eigenvalue weighted by atomic mass is 16.5. The second-order valence-corrected chi connectivity index (χ2v) is 4.87. The van der Waals surface area contributed by atoms with Crippen LogP contribution in [0.15, 0.2) is 12.4 Å². The molecule has 1 atom stereocenters. The predicted octanol–water partition coefficient (Wildman–Crippen LogP) is 2.06. The molecule has 0 unspecified atom stereocenters. The molecular weight excluding hydrogens is 176 g/mol. The fraction of sp³-hybridized carbons (Fsp3) is 0.636. The Morgan fingerprint density at radius 3 is 2.43 bits per heavy atom. The Morgan fingerprint density at radius 2 is 2.00 bits per heavy atom. The van der Waals surface area contributed by atoms with Gasteiger partial charge in [0.1, 0.15) is 12.4 Å². The van der Waals surface area contributed by atoms with Gasteiger partial charge in [-0.15, -0.1) is 0 Å². The lowest BCUT2D eigenvalue weighted by atomic mass is 9.79. The third kappa shape index (κ3) is 2.22. The molecule has 78 valence electrons. The van der Waals surface area contributed by atoms with Gasteiger partial charge in [-0.25, -0.2) is 0 Å². The molecule has 3 heteroatoms. The molecule has 0 spiro atoms. The quantitative estimate of drug-likeness (QED) is 0.550. The lowest BCUT2D eigenvalue weighted by molar-refractivity contribution is -0.911. The summed E-state index contributed by atoms with van der Waals surface area (Å²) in [6.07, 6.45) is 3.57. The van der Waals surface area contributed by atoms with Gasteiger partial charge in [-0.1, -0.05) is 37.4 Å². The van der Waals surface area contributed by atoms with Crippen LogP contribution in [0.2, 0.25) is 0 Å². The standard InChI is InChI=1S/C11H19N2O/c1-8(11(3,4)5)10-6-12-9(2)13(14)7-10/h6-8,14H,1-5H3/q+1/t8-/m1/s1. The Hall–Kier alpha value is -1.12. The van der Waals surface area contributed by atoms with Gasteiger partial charge in [-0.2, -0.15) is 0 Å². The monoisotopic (exact) mass is 195 g/mol. The molecule has 1 rings (SSSR count). The van der Waals surface area contributed by atoms with Gasteiger partial charge in [0.05, 0.1) is 0 Å². The minimum absolute atomic E-state index is 0.184. The van der Waals surface area contributed by atoms with Crippen molar-refractivity contribution in [1.82, 2.24) is 4.98 Å². The Bertz CT molecular complexity index is 329. The van der Waals surface area contributed by atoms with E-state index in [1.807, 2.05) is 6.20 Å². The van der Waals surface area contributed by atoms with Crippen LogP contribution in [-0.4, -0.2) is 10.2 Å². The highest BCUT2D eigenvalue weighted by Gasteiger charge is 2.24. The Kier molecular flexibility index (Phi) is 2.79. The topological polar surface area (TPSA) is 37.0 Å². The van der Waals surface area contributed by atoms with E-state index < -0.39 is 0 Å². The van der Waals surface area contributed by atoms with E-state index in [0.717, 1.165) is 10.3 Å². The zero-order chi connectivity index (χ0) is 10.9. The summed E-state index contributed by atoms with van der Waals surface area (Å²) in [4.78, 5) is 4.13. The summed E-state index contributed by atoms with van der Waals surface area (Å²) in [6, 6.07) is 0. The Balaban J connectivity index is 3.03. The molecule has 0 radical (unpaired) electrons. The third-order valence-electron chi connectivity index (χ3n) is 2.80. The SMILES string of the molecule is Cc1ncc([C@@H](C)C(C)(C)C)c[n+]1O. The van der Waals surface area contributed by atoms with Crippen LogP contribution in [0.5, 0.6) is 0 Å². The molecule has 0 bridgehead atoms. The summed E-state index contributed by atoms with van der Waals surface area (Å²) in [5, 5.41) is 9.47. The van der Waals surface area contributed by atoms with E-state index in [1.165, 1.54) is 0 Å². The van der Waals surface area contributed by atoms with Gasteiger partial charge < -0.3 is 5.21 Å². The number of hydrogen-bond acceptors (Lipinski definition) is 2. The van der Waals surface area contributed by atoms with E-state index in [4.69, 9.17) is 0 Å². The van der Waals surface area contributed by atoms with Gasteiger partial charge in [0.2, 0.25) is 0 Å². The van der Waals surface area contributed by atoms with E-state index in [0.29, 0.717) is 11.7 Å². The van der Waals surface area contributed by atoms with Crippen LogP contribution in [0.3, 0.4) is 0 Å². The maximum Gasteiger partial charge on any atom is 0.333 e. The summed E-state index contributed by atoms with van der Waals surface area (Å²) < 4.78 is 1.08. The molecule has 1 aromatic heterocycles. The molecular formula is C11H19N2O+. The van der Waals surface area contributed by atoms with Crippen LogP contribution >= 0.6 is 0 Å². The van der Waals surface area contributed by atoms with Gasteiger partial charge in [0.15, 0.2) is 0 Å². The molecule has 0 saturated carbocycles. The molecule has 0 fully saturated rings. The molecule has 1 heterocycles. The fourth-order valence-corrected chi connectivity index (χ4v) is 1.22. The van der Waals surface area contributed by atoms with E-state index in [2.05, 4.69) is 32.7 Å². The van der Waals surface area contributed by atoms with Gasteiger partial charge in [0.25, 0.3) is 0 Å². The normalized spacial score (nSPS) is 14.1. The average Bonchev–Trinajstić information content (AvgIpc) is 2.07. The van der Waals surface area contributed by atoms with Gasteiger partial charge in [-0.3, -0.25) is 0 Å². The van der Waals surface area contributed by atoms with E-state index in [1.54, 1.807) is 13.1 Å². The summed E-state index contributed by atoms with van der Waals surface area (Å²) in [5.74, 6) is 0.976. The zero-order valence-corrected chi connectivity index (χ0v) is 9.57. The van der Waals surface area contributed by atoms with Crippen molar-refractivity contribution in [3.05, 3.63) is 23.8 Å². The maximum absolute atomic E-state index is 9.47. The first kappa shape index (κ1) is 11.0. The molecule has 0 aliphatic rings. The van der Waals surface area contributed by atoms with Crippen LogP contribution in [0.25, 0.3) is 0 Å². The zero-order valence-electron chi connectivity index (χ0n) is 9.57. The molecule has 0 aliphatic heterocycles. The van der Waals surface area contributed by atoms with Gasteiger partial charge >= 0.3 is 5.82 Å². The van der Waals surface area contributed by atoms with Crippen molar-refractivity contribution in [2.45, 2.75) is 40.5 Å². The molecule has 0 saturated heterocycles. The maximum atomic E-state index is 9.47. The summed E-state index contributed by atoms with van der Waals surface area (Å²) >= 11 is 0. The number of rotatable bonds is 1. The van der Waals surface area contributed by atoms with Gasteiger partial charge in [-0.05, 0) is 11.3 Å². The van der Waals surface area contributed by atoms with Crippen molar-refractivity contribution >= 4 is 0 Å². The number of aromatic nitrogens is 2. The minimum Gasteiger partial charge on any atom is -0.350 e. The Morgan fingerprint density at radius 1 is 1.43 bits per heavy atom. The molecule has 1 N–H and O–H groups in total. The van der Waals surface area contributed by atoms with E-state index >= 15 is 0 Å². The molecule has 0 aliphatic carbocycles. The van der Waals surface area contributed by atoms with Crippen LogP contribution < -0.4 is 4.73 Å². The first-order chi connectivity index (χ1) is 6.32. The first-order valence-corrected chi connectivity index (χ1v) is 4.90. The largest absolute Gasteiger partial charge is 0.350 e. The Labute approximate surface area is 85.4 Å².